The summed E-state index contributed by atoms with van der Waals surface area (Å²) in [5, 5.41) is 10.6. The molecule has 0 unspecified atom stereocenters. The summed E-state index contributed by atoms with van der Waals surface area (Å²) in [6, 6.07) is 7.35. The molecule has 3 rings (SSSR count). The molecule has 0 bridgehead atoms. The van der Waals surface area contributed by atoms with Crippen LogP contribution >= 0.6 is 0 Å². The van der Waals surface area contributed by atoms with Gasteiger partial charge in [0, 0.05) is 5.56 Å². The van der Waals surface area contributed by atoms with E-state index in [1.54, 1.807) is 6.92 Å². The van der Waals surface area contributed by atoms with E-state index in [-0.39, 0.29) is 12.5 Å². The van der Waals surface area contributed by atoms with E-state index in [0.29, 0.717) is 11.7 Å². The quantitative estimate of drug-likeness (QED) is 0.767. The van der Waals surface area contributed by atoms with Gasteiger partial charge >= 0.3 is 0 Å². The molecular formula is C15H16N6O2. The lowest BCUT2D eigenvalue weighted by Crippen LogP contribution is -2.30. The molecule has 0 aliphatic rings. The zero-order valence-electron chi connectivity index (χ0n) is 12.8. The van der Waals surface area contributed by atoms with Gasteiger partial charge in [-0.1, -0.05) is 35.0 Å². The van der Waals surface area contributed by atoms with Crippen molar-refractivity contribution in [1.82, 2.24) is 30.2 Å². The SMILES string of the molecule is Cc1ccc(-c2noc(CNC(=O)[C@H](C)n3cncn3)n2)cc1. The fourth-order valence-electron chi connectivity index (χ4n) is 1.99. The number of aryl methyl sites for hydroxylation is 1. The second-order valence-corrected chi connectivity index (χ2v) is 5.15. The van der Waals surface area contributed by atoms with Gasteiger partial charge < -0.3 is 9.84 Å². The van der Waals surface area contributed by atoms with Crippen LogP contribution in [-0.4, -0.2) is 30.8 Å². The Bertz CT molecular complexity index is 779. The minimum absolute atomic E-state index is 0.163. The van der Waals surface area contributed by atoms with Gasteiger partial charge in [0.05, 0.1) is 6.54 Å². The summed E-state index contributed by atoms with van der Waals surface area (Å²) in [6.45, 7) is 3.91. The summed E-state index contributed by atoms with van der Waals surface area (Å²) < 4.78 is 6.63. The monoisotopic (exact) mass is 312 g/mol. The number of nitrogens with zero attached hydrogens (tertiary/aromatic N) is 5. The first-order valence-electron chi connectivity index (χ1n) is 7.15. The first-order chi connectivity index (χ1) is 11.1. The van der Waals surface area contributed by atoms with E-state index in [1.807, 2.05) is 31.2 Å². The Morgan fingerprint density at radius 1 is 1.35 bits per heavy atom. The third-order valence-electron chi connectivity index (χ3n) is 3.40. The number of amides is 1. The Hall–Kier alpha value is -3.03. The lowest BCUT2D eigenvalue weighted by molar-refractivity contribution is -0.124. The highest BCUT2D eigenvalue weighted by atomic mass is 16.5. The topological polar surface area (TPSA) is 98.7 Å². The largest absolute Gasteiger partial charge is 0.345 e. The molecule has 0 fully saturated rings. The minimum atomic E-state index is -0.461. The van der Waals surface area contributed by atoms with Gasteiger partial charge in [0.15, 0.2) is 0 Å². The van der Waals surface area contributed by atoms with Crippen LogP contribution in [0.25, 0.3) is 11.4 Å². The van der Waals surface area contributed by atoms with Crippen molar-refractivity contribution in [3.8, 4) is 11.4 Å². The molecule has 1 atom stereocenters. The predicted octanol–water partition coefficient (Wildman–Crippen LogP) is 1.51. The van der Waals surface area contributed by atoms with Crippen LogP contribution in [0.3, 0.4) is 0 Å². The van der Waals surface area contributed by atoms with E-state index in [9.17, 15) is 4.79 Å². The molecule has 2 aromatic heterocycles. The van der Waals surface area contributed by atoms with Crippen molar-refractivity contribution in [2.75, 3.05) is 0 Å². The van der Waals surface area contributed by atoms with Crippen molar-refractivity contribution < 1.29 is 9.32 Å². The first-order valence-corrected chi connectivity index (χ1v) is 7.15. The number of carbonyl (C=O) groups is 1. The molecule has 0 radical (unpaired) electrons. The minimum Gasteiger partial charge on any atom is -0.345 e. The average molecular weight is 312 g/mol. The normalized spacial score (nSPS) is 12.1. The highest BCUT2D eigenvalue weighted by Gasteiger charge is 2.16. The van der Waals surface area contributed by atoms with Crippen LogP contribution in [0.2, 0.25) is 0 Å². The Morgan fingerprint density at radius 3 is 2.83 bits per heavy atom. The van der Waals surface area contributed by atoms with Crippen LogP contribution in [0.5, 0.6) is 0 Å². The lowest BCUT2D eigenvalue weighted by atomic mass is 10.1. The fraction of sp³-hybridized carbons (Fsp3) is 0.267. The van der Waals surface area contributed by atoms with E-state index >= 15 is 0 Å². The smallest absolute Gasteiger partial charge is 0.246 e. The number of aromatic nitrogens is 5. The van der Waals surface area contributed by atoms with Gasteiger partial charge in [0.25, 0.3) is 0 Å². The molecule has 23 heavy (non-hydrogen) atoms. The third-order valence-corrected chi connectivity index (χ3v) is 3.40. The Balaban J connectivity index is 1.61. The van der Waals surface area contributed by atoms with Crippen molar-refractivity contribution in [2.24, 2.45) is 0 Å². The molecule has 0 saturated heterocycles. The Morgan fingerprint density at radius 2 is 2.13 bits per heavy atom. The maximum Gasteiger partial charge on any atom is 0.246 e. The fourth-order valence-corrected chi connectivity index (χ4v) is 1.99. The summed E-state index contributed by atoms with van der Waals surface area (Å²) in [7, 11) is 0. The van der Waals surface area contributed by atoms with E-state index in [0.717, 1.165) is 11.1 Å². The van der Waals surface area contributed by atoms with Crippen molar-refractivity contribution in [2.45, 2.75) is 26.4 Å². The Labute approximate surface area is 132 Å². The highest BCUT2D eigenvalue weighted by molar-refractivity contribution is 5.79. The molecule has 0 saturated carbocycles. The number of benzene rings is 1. The summed E-state index contributed by atoms with van der Waals surface area (Å²) >= 11 is 0. The van der Waals surface area contributed by atoms with Crippen LogP contribution in [0.4, 0.5) is 0 Å². The van der Waals surface area contributed by atoms with Gasteiger partial charge in [-0.3, -0.25) is 4.79 Å². The lowest BCUT2D eigenvalue weighted by Gasteiger charge is -2.10. The number of hydrogen-bond acceptors (Lipinski definition) is 6. The zero-order chi connectivity index (χ0) is 16.2. The molecule has 118 valence electrons. The molecule has 2 heterocycles. The molecule has 0 aliphatic heterocycles. The van der Waals surface area contributed by atoms with Crippen LogP contribution in [0, 0.1) is 6.92 Å². The summed E-state index contributed by atoms with van der Waals surface area (Å²) in [5.41, 5.74) is 2.03. The van der Waals surface area contributed by atoms with Gasteiger partial charge in [0.1, 0.15) is 18.7 Å². The number of carbonyl (C=O) groups excluding carboxylic acids is 1. The first kappa shape index (κ1) is 14.9. The molecule has 1 aromatic carbocycles. The molecule has 3 aromatic rings. The van der Waals surface area contributed by atoms with Gasteiger partial charge in [-0.25, -0.2) is 9.67 Å². The van der Waals surface area contributed by atoms with Gasteiger partial charge in [-0.2, -0.15) is 10.1 Å². The molecular weight excluding hydrogens is 296 g/mol. The molecule has 8 nitrogen and oxygen atoms in total. The average Bonchev–Trinajstić information content (AvgIpc) is 3.24. The van der Waals surface area contributed by atoms with Crippen molar-refractivity contribution in [3.05, 3.63) is 48.4 Å². The van der Waals surface area contributed by atoms with E-state index in [1.165, 1.54) is 17.3 Å². The van der Waals surface area contributed by atoms with E-state index in [4.69, 9.17) is 4.52 Å². The number of hydrogen-bond donors (Lipinski definition) is 1. The van der Waals surface area contributed by atoms with Crippen molar-refractivity contribution >= 4 is 5.91 Å². The second kappa shape index (κ2) is 6.39. The number of nitrogens with one attached hydrogen (secondary N) is 1. The van der Waals surface area contributed by atoms with E-state index < -0.39 is 6.04 Å². The zero-order valence-corrected chi connectivity index (χ0v) is 12.8. The summed E-state index contributed by atoms with van der Waals surface area (Å²) in [6.07, 6.45) is 2.88. The molecule has 8 heteroatoms. The van der Waals surface area contributed by atoms with Crippen LogP contribution < -0.4 is 5.32 Å². The summed E-state index contributed by atoms with van der Waals surface area (Å²) in [4.78, 5) is 20.1. The van der Waals surface area contributed by atoms with Gasteiger partial charge in [-0.15, -0.1) is 0 Å². The number of rotatable bonds is 5. The predicted molar refractivity (Wildman–Crippen MR) is 81.1 cm³/mol. The molecule has 0 spiro atoms. The van der Waals surface area contributed by atoms with Crippen LogP contribution in [-0.2, 0) is 11.3 Å². The molecule has 1 amide bonds. The maximum absolute atomic E-state index is 12.0. The highest BCUT2D eigenvalue weighted by Crippen LogP contribution is 2.16. The van der Waals surface area contributed by atoms with E-state index in [2.05, 4.69) is 25.5 Å². The van der Waals surface area contributed by atoms with Crippen LogP contribution in [0.1, 0.15) is 24.4 Å². The van der Waals surface area contributed by atoms with Gasteiger partial charge in [-0.05, 0) is 13.8 Å². The standard InChI is InChI=1S/C15H16N6O2/c1-10-3-5-12(6-4-10)14-19-13(23-20-14)7-17-15(22)11(2)21-9-16-8-18-21/h3-6,8-9,11H,7H2,1-2H3,(H,17,22)/t11-/m0/s1. The molecule has 1 N–H and O–H groups in total. The van der Waals surface area contributed by atoms with Crippen LogP contribution in [0.15, 0.2) is 41.4 Å². The van der Waals surface area contributed by atoms with Crippen molar-refractivity contribution in [3.63, 3.8) is 0 Å². The Kier molecular flexibility index (Phi) is 4.13. The third kappa shape index (κ3) is 3.42. The summed E-state index contributed by atoms with van der Waals surface area (Å²) in [5.74, 6) is 0.642. The second-order valence-electron chi connectivity index (χ2n) is 5.15. The van der Waals surface area contributed by atoms with Gasteiger partial charge in [0.2, 0.25) is 17.6 Å². The maximum atomic E-state index is 12.0. The molecule has 0 aliphatic carbocycles. The van der Waals surface area contributed by atoms with Crippen molar-refractivity contribution in [1.29, 1.82) is 0 Å².